The van der Waals surface area contributed by atoms with E-state index in [4.69, 9.17) is 4.74 Å². The van der Waals surface area contributed by atoms with Crippen LogP contribution in [0.2, 0.25) is 0 Å². The van der Waals surface area contributed by atoms with Gasteiger partial charge in [0.15, 0.2) is 0 Å². The van der Waals surface area contributed by atoms with Crippen molar-refractivity contribution in [3.05, 3.63) is 35.9 Å². The van der Waals surface area contributed by atoms with Gasteiger partial charge in [-0.15, -0.1) is 0 Å². The van der Waals surface area contributed by atoms with Crippen LogP contribution < -0.4 is 0 Å². The number of benzene rings is 1. The summed E-state index contributed by atoms with van der Waals surface area (Å²) in [7, 11) is 0. The van der Waals surface area contributed by atoms with Gasteiger partial charge in [0.2, 0.25) is 0 Å². The first-order valence-corrected chi connectivity index (χ1v) is 7.24. The average Bonchev–Trinajstić information content (AvgIpc) is 2.39. The van der Waals surface area contributed by atoms with Crippen LogP contribution in [0.15, 0.2) is 30.3 Å². The Bertz CT molecular complexity index is 422. The molecule has 1 aliphatic carbocycles. The molecule has 1 aromatic rings. The molecular weight excluding hydrogens is 236 g/mol. The van der Waals surface area contributed by atoms with Crippen LogP contribution in [-0.4, -0.2) is 12.1 Å². The summed E-state index contributed by atoms with van der Waals surface area (Å²) in [5.74, 6) is 0.258. The molecule has 0 N–H and O–H groups in total. The Morgan fingerprint density at radius 2 is 1.79 bits per heavy atom. The van der Waals surface area contributed by atoms with E-state index >= 15 is 0 Å². The van der Waals surface area contributed by atoms with Gasteiger partial charge in [-0.25, -0.2) is 0 Å². The van der Waals surface area contributed by atoms with Gasteiger partial charge in [-0.05, 0) is 30.2 Å². The molecule has 1 saturated carbocycles. The summed E-state index contributed by atoms with van der Waals surface area (Å²) in [6.07, 6.45) is 4.61. The largest absolute Gasteiger partial charge is 0.462 e. The number of rotatable bonds is 3. The lowest BCUT2D eigenvalue weighted by Crippen LogP contribution is -2.41. The van der Waals surface area contributed by atoms with Crippen LogP contribution in [-0.2, 0) is 14.9 Å². The minimum atomic E-state index is -0.152. The highest BCUT2D eigenvalue weighted by molar-refractivity contribution is 5.66. The smallest absolute Gasteiger partial charge is 0.302 e. The summed E-state index contributed by atoms with van der Waals surface area (Å²) in [5.41, 5.74) is 1.38. The maximum atomic E-state index is 11.3. The van der Waals surface area contributed by atoms with Gasteiger partial charge in [-0.1, -0.05) is 50.6 Å². The lowest BCUT2D eigenvalue weighted by atomic mass is 9.66. The number of carbonyl (C=O) groups is 1. The fourth-order valence-corrected chi connectivity index (χ4v) is 3.36. The van der Waals surface area contributed by atoms with E-state index in [-0.39, 0.29) is 17.5 Å². The highest BCUT2D eigenvalue weighted by Gasteiger charge is 2.39. The van der Waals surface area contributed by atoms with Crippen molar-refractivity contribution >= 4 is 5.97 Å². The van der Waals surface area contributed by atoms with E-state index in [1.807, 2.05) is 6.07 Å². The number of ether oxygens (including phenoxy) is 1. The molecule has 1 aliphatic rings. The molecule has 19 heavy (non-hydrogen) atoms. The quantitative estimate of drug-likeness (QED) is 0.765. The summed E-state index contributed by atoms with van der Waals surface area (Å²) in [4.78, 5) is 11.3. The predicted octanol–water partition coefficient (Wildman–Crippen LogP) is 4.09. The topological polar surface area (TPSA) is 26.3 Å². The van der Waals surface area contributed by atoms with Gasteiger partial charge in [0.25, 0.3) is 0 Å². The molecule has 0 unspecified atom stereocenters. The van der Waals surface area contributed by atoms with Crippen molar-refractivity contribution in [1.29, 1.82) is 0 Å². The number of carbonyl (C=O) groups excluding carboxylic acids is 1. The van der Waals surface area contributed by atoms with E-state index in [0.29, 0.717) is 5.92 Å². The van der Waals surface area contributed by atoms with Crippen molar-refractivity contribution in [2.75, 3.05) is 0 Å². The minimum absolute atomic E-state index is 0.0434. The van der Waals surface area contributed by atoms with Gasteiger partial charge < -0.3 is 4.74 Å². The highest BCUT2D eigenvalue weighted by atomic mass is 16.5. The molecule has 0 aliphatic heterocycles. The Kier molecular flexibility index (Phi) is 4.28. The van der Waals surface area contributed by atoms with Gasteiger partial charge in [0.1, 0.15) is 6.10 Å². The average molecular weight is 260 g/mol. The molecule has 104 valence electrons. The molecule has 0 amide bonds. The van der Waals surface area contributed by atoms with Crippen LogP contribution in [0.4, 0.5) is 0 Å². The molecule has 2 heteroatoms. The minimum Gasteiger partial charge on any atom is -0.462 e. The van der Waals surface area contributed by atoms with E-state index in [1.54, 1.807) is 0 Å². The second-order valence-electron chi connectivity index (χ2n) is 6.13. The molecule has 0 saturated heterocycles. The van der Waals surface area contributed by atoms with Crippen LogP contribution in [0.25, 0.3) is 0 Å². The predicted molar refractivity (Wildman–Crippen MR) is 77.0 cm³/mol. The molecule has 0 radical (unpaired) electrons. The molecule has 2 nitrogen and oxygen atoms in total. The molecule has 0 bridgehead atoms. The Labute approximate surface area is 116 Å². The number of hydrogen-bond acceptors (Lipinski definition) is 2. The monoisotopic (exact) mass is 260 g/mol. The molecule has 0 heterocycles. The number of esters is 1. The third kappa shape index (κ3) is 3.17. The van der Waals surface area contributed by atoms with Crippen molar-refractivity contribution in [3.63, 3.8) is 0 Å². The first-order chi connectivity index (χ1) is 9.01. The van der Waals surface area contributed by atoms with Gasteiger partial charge in [-0.3, -0.25) is 4.79 Å². The summed E-state index contributed by atoms with van der Waals surface area (Å²) in [6.45, 7) is 6.06. The van der Waals surface area contributed by atoms with Crippen LogP contribution in [0, 0.1) is 5.92 Å². The zero-order valence-corrected chi connectivity index (χ0v) is 12.2. The zero-order valence-electron chi connectivity index (χ0n) is 12.2. The van der Waals surface area contributed by atoms with Gasteiger partial charge in [0, 0.05) is 12.8 Å². The first kappa shape index (κ1) is 14.1. The van der Waals surface area contributed by atoms with Crippen molar-refractivity contribution in [3.8, 4) is 0 Å². The highest BCUT2D eigenvalue weighted by Crippen LogP contribution is 2.42. The van der Waals surface area contributed by atoms with Crippen LogP contribution >= 0.6 is 0 Å². The van der Waals surface area contributed by atoms with E-state index in [0.717, 1.165) is 12.8 Å². The van der Waals surface area contributed by atoms with E-state index in [2.05, 4.69) is 38.1 Å². The van der Waals surface area contributed by atoms with Crippen LogP contribution in [0.5, 0.6) is 0 Å². The lowest BCUT2D eigenvalue weighted by molar-refractivity contribution is -0.152. The fraction of sp³-hybridized carbons (Fsp3) is 0.588. The van der Waals surface area contributed by atoms with Gasteiger partial charge >= 0.3 is 5.97 Å². The summed E-state index contributed by atoms with van der Waals surface area (Å²) >= 11 is 0. The standard InChI is InChI=1S/C17H24O2/c1-13(18)19-16-12-8-7-11-15(16)17(2,3)14-9-5-4-6-10-14/h4-6,9-10,15-16H,7-8,11-12H2,1-3H3/t15-,16-/m0/s1. The number of hydrogen-bond donors (Lipinski definition) is 0. The van der Waals surface area contributed by atoms with E-state index in [9.17, 15) is 4.79 Å². The van der Waals surface area contributed by atoms with E-state index < -0.39 is 0 Å². The fourth-order valence-electron chi connectivity index (χ4n) is 3.36. The van der Waals surface area contributed by atoms with Crippen molar-refractivity contribution in [2.24, 2.45) is 5.92 Å². The second kappa shape index (κ2) is 5.77. The Hall–Kier alpha value is -1.31. The van der Waals surface area contributed by atoms with Crippen molar-refractivity contribution in [1.82, 2.24) is 0 Å². The maximum absolute atomic E-state index is 11.3. The summed E-state index contributed by atoms with van der Waals surface area (Å²) in [6, 6.07) is 10.6. The SMILES string of the molecule is CC(=O)O[C@H]1CCCC[C@@H]1C(C)(C)c1ccccc1. The third-order valence-corrected chi connectivity index (χ3v) is 4.46. The molecular formula is C17H24O2. The normalized spacial score (nSPS) is 23.9. The molecule has 1 fully saturated rings. The Balaban J connectivity index is 2.23. The van der Waals surface area contributed by atoms with Crippen molar-refractivity contribution in [2.45, 2.75) is 58.0 Å². The summed E-state index contributed by atoms with van der Waals surface area (Å²) in [5, 5.41) is 0. The van der Waals surface area contributed by atoms with Crippen molar-refractivity contribution < 1.29 is 9.53 Å². The first-order valence-electron chi connectivity index (χ1n) is 7.24. The summed E-state index contributed by atoms with van der Waals surface area (Å²) < 4.78 is 5.57. The molecule has 1 aromatic carbocycles. The third-order valence-electron chi connectivity index (χ3n) is 4.46. The molecule has 2 atom stereocenters. The van der Waals surface area contributed by atoms with Gasteiger partial charge in [-0.2, -0.15) is 0 Å². The zero-order chi connectivity index (χ0) is 13.9. The van der Waals surface area contributed by atoms with Gasteiger partial charge in [0.05, 0.1) is 0 Å². The molecule has 0 spiro atoms. The second-order valence-corrected chi connectivity index (χ2v) is 6.13. The lowest BCUT2D eigenvalue weighted by Gasteiger charge is -2.42. The Morgan fingerprint density at radius 1 is 1.16 bits per heavy atom. The molecule has 0 aromatic heterocycles. The molecule has 2 rings (SSSR count). The Morgan fingerprint density at radius 3 is 2.42 bits per heavy atom. The van der Waals surface area contributed by atoms with E-state index in [1.165, 1.54) is 25.3 Å². The maximum Gasteiger partial charge on any atom is 0.302 e. The van der Waals surface area contributed by atoms with Crippen LogP contribution in [0.1, 0.15) is 52.0 Å². The van der Waals surface area contributed by atoms with Crippen LogP contribution in [0.3, 0.4) is 0 Å².